The molecule has 0 heteroatoms. The van der Waals surface area contributed by atoms with Crippen molar-refractivity contribution in [1.29, 1.82) is 0 Å². The fourth-order valence-electron chi connectivity index (χ4n) is 2.59. The Morgan fingerprint density at radius 2 is 0.960 bits per heavy atom. The molecular weight excluding hydrogens is 300 g/mol. The Kier molecular flexibility index (Phi) is 13.8. The molecule has 0 radical (unpaired) electrons. The predicted octanol–water partition coefficient (Wildman–Crippen LogP) is 8.65. The summed E-state index contributed by atoms with van der Waals surface area (Å²) in [6, 6.07) is 0. The summed E-state index contributed by atoms with van der Waals surface area (Å²) in [4.78, 5) is 0. The largest absolute Gasteiger partial charge is 0.0988 e. The van der Waals surface area contributed by atoms with E-state index in [1.807, 2.05) is 6.08 Å². The van der Waals surface area contributed by atoms with Gasteiger partial charge >= 0.3 is 0 Å². The minimum atomic E-state index is 1.02. The minimum absolute atomic E-state index is 1.02. The first-order valence-electron chi connectivity index (χ1n) is 9.75. The van der Waals surface area contributed by atoms with Crippen LogP contribution < -0.4 is 0 Å². The van der Waals surface area contributed by atoms with E-state index in [-0.39, 0.29) is 0 Å². The summed E-state index contributed by atoms with van der Waals surface area (Å²) in [6.07, 6.45) is 20.5. The van der Waals surface area contributed by atoms with Gasteiger partial charge in [0.15, 0.2) is 0 Å². The Morgan fingerprint density at radius 1 is 0.600 bits per heavy atom. The van der Waals surface area contributed by atoms with Gasteiger partial charge in [0.25, 0.3) is 0 Å². The van der Waals surface area contributed by atoms with Crippen LogP contribution in [0.2, 0.25) is 0 Å². The zero-order valence-electron chi connectivity index (χ0n) is 17.5. The van der Waals surface area contributed by atoms with Crippen molar-refractivity contribution < 1.29 is 0 Å². The van der Waals surface area contributed by atoms with Gasteiger partial charge < -0.3 is 0 Å². The summed E-state index contributed by atoms with van der Waals surface area (Å²) < 4.78 is 0. The molecule has 25 heavy (non-hydrogen) atoms. The van der Waals surface area contributed by atoms with Gasteiger partial charge in [0.2, 0.25) is 0 Å². The Hall–Kier alpha value is -1.56. The van der Waals surface area contributed by atoms with Crippen molar-refractivity contribution in [2.24, 2.45) is 0 Å². The number of allylic oxidation sites excluding steroid dienone is 10. The second-order valence-electron chi connectivity index (χ2n) is 7.45. The van der Waals surface area contributed by atoms with Gasteiger partial charge in [-0.15, -0.1) is 0 Å². The molecule has 0 fully saturated rings. The summed E-state index contributed by atoms with van der Waals surface area (Å²) >= 11 is 0. The third-order valence-corrected chi connectivity index (χ3v) is 4.40. The van der Waals surface area contributed by atoms with Crippen molar-refractivity contribution in [1.82, 2.24) is 0 Å². The van der Waals surface area contributed by atoms with E-state index in [2.05, 4.69) is 72.1 Å². The average molecular weight is 341 g/mol. The highest BCUT2D eigenvalue weighted by molar-refractivity contribution is 5.12. The molecule has 0 bridgehead atoms. The van der Waals surface area contributed by atoms with Crippen molar-refractivity contribution in [2.45, 2.75) is 86.0 Å². The Balaban J connectivity index is 4.01. The standard InChI is InChI=1S/C25H40/c1-8-22(4)14-10-16-24(6)18-12-20-25(7)19-11-17-23(5)15-9-13-21(2)3/h8,13,16-17,20H,1,4,9-12,14-15,18-19H2,2-3,5-7H3/b23-17+,24-16+,25-20+. The summed E-state index contributed by atoms with van der Waals surface area (Å²) in [5.41, 5.74) is 7.06. The van der Waals surface area contributed by atoms with E-state index in [1.54, 1.807) is 0 Å². The van der Waals surface area contributed by atoms with Crippen LogP contribution in [-0.4, -0.2) is 0 Å². The lowest BCUT2D eigenvalue weighted by atomic mass is 10.0. The van der Waals surface area contributed by atoms with E-state index >= 15 is 0 Å². The van der Waals surface area contributed by atoms with Gasteiger partial charge in [-0.25, -0.2) is 0 Å². The fraction of sp³-hybridized carbons (Fsp3) is 0.520. The van der Waals surface area contributed by atoms with Crippen LogP contribution in [-0.2, 0) is 0 Å². The molecule has 0 aromatic heterocycles. The van der Waals surface area contributed by atoms with Crippen molar-refractivity contribution in [3.05, 3.63) is 71.4 Å². The summed E-state index contributed by atoms with van der Waals surface area (Å²) in [7, 11) is 0. The molecule has 0 aliphatic heterocycles. The molecule has 0 spiro atoms. The van der Waals surface area contributed by atoms with Crippen LogP contribution in [0, 0.1) is 0 Å². The second-order valence-corrected chi connectivity index (χ2v) is 7.45. The molecule has 0 unspecified atom stereocenters. The first-order valence-corrected chi connectivity index (χ1v) is 9.75. The Morgan fingerprint density at radius 3 is 1.32 bits per heavy atom. The monoisotopic (exact) mass is 340 g/mol. The lowest BCUT2D eigenvalue weighted by Crippen LogP contribution is -1.82. The lowest BCUT2D eigenvalue weighted by molar-refractivity contribution is 0.893. The molecule has 0 aliphatic carbocycles. The molecule has 0 saturated heterocycles. The average Bonchev–Trinajstić information content (AvgIpc) is 2.54. The molecule has 0 nitrogen and oxygen atoms in total. The van der Waals surface area contributed by atoms with E-state index < -0.39 is 0 Å². The maximum Gasteiger partial charge on any atom is -0.0250 e. The molecular formula is C25H40. The molecule has 0 aliphatic rings. The Labute approximate surface area is 157 Å². The number of hydrogen-bond acceptors (Lipinski definition) is 0. The van der Waals surface area contributed by atoms with E-state index in [0.29, 0.717) is 0 Å². The summed E-state index contributed by atoms with van der Waals surface area (Å²) in [6.45, 7) is 18.8. The maximum atomic E-state index is 3.96. The minimum Gasteiger partial charge on any atom is -0.0988 e. The van der Waals surface area contributed by atoms with Crippen LogP contribution >= 0.6 is 0 Å². The van der Waals surface area contributed by atoms with E-state index in [4.69, 9.17) is 0 Å². The van der Waals surface area contributed by atoms with Gasteiger partial charge in [0, 0.05) is 0 Å². The quantitative estimate of drug-likeness (QED) is 0.232. The number of hydrogen-bond donors (Lipinski definition) is 0. The van der Waals surface area contributed by atoms with Gasteiger partial charge in [-0.2, -0.15) is 0 Å². The van der Waals surface area contributed by atoms with E-state index in [0.717, 1.165) is 31.3 Å². The Bertz CT molecular complexity index is 516. The van der Waals surface area contributed by atoms with Gasteiger partial charge in [0.1, 0.15) is 0 Å². The molecule has 0 amide bonds. The highest BCUT2D eigenvalue weighted by Crippen LogP contribution is 2.14. The zero-order chi connectivity index (χ0) is 19.1. The SMILES string of the molecule is C=CC(=C)CC/C=C(\C)CC/C=C(\C)CC/C=C(\C)CCC=C(C)C. The van der Waals surface area contributed by atoms with E-state index in [1.165, 1.54) is 48.0 Å². The van der Waals surface area contributed by atoms with Crippen molar-refractivity contribution in [3.8, 4) is 0 Å². The molecule has 0 rings (SSSR count). The van der Waals surface area contributed by atoms with Crippen molar-refractivity contribution >= 4 is 0 Å². The first-order chi connectivity index (χ1) is 11.8. The molecule has 0 heterocycles. The molecule has 0 saturated carbocycles. The smallest absolute Gasteiger partial charge is 0.0250 e. The van der Waals surface area contributed by atoms with Gasteiger partial charge in [-0.3, -0.25) is 0 Å². The second kappa shape index (κ2) is 14.8. The fourth-order valence-corrected chi connectivity index (χ4v) is 2.59. The summed E-state index contributed by atoms with van der Waals surface area (Å²) in [5, 5.41) is 0. The molecule has 0 aromatic rings. The van der Waals surface area contributed by atoms with Gasteiger partial charge in [0.05, 0.1) is 0 Å². The first kappa shape index (κ1) is 23.4. The normalized spacial score (nSPS) is 12.9. The molecule has 140 valence electrons. The van der Waals surface area contributed by atoms with Crippen molar-refractivity contribution in [2.75, 3.05) is 0 Å². The van der Waals surface area contributed by atoms with Crippen LogP contribution in [0.3, 0.4) is 0 Å². The predicted molar refractivity (Wildman–Crippen MR) is 117 cm³/mol. The van der Waals surface area contributed by atoms with Gasteiger partial charge in [-0.05, 0) is 86.0 Å². The van der Waals surface area contributed by atoms with Crippen LogP contribution in [0.4, 0.5) is 0 Å². The molecule has 0 atom stereocenters. The molecule has 0 N–H and O–H groups in total. The third-order valence-electron chi connectivity index (χ3n) is 4.40. The zero-order valence-corrected chi connectivity index (χ0v) is 17.5. The molecule has 0 aromatic carbocycles. The number of rotatable bonds is 13. The van der Waals surface area contributed by atoms with E-state index in [9.17, 15) is 0 Å². The topological polar surface area (TPSA) is 0 Å². The van der Waals surface area contributed by atoms with Crippen LogP contribution in [0.15, 0.2) is 71.4 Å². The van der Waals surface area contributed by atoms with Gasteiger partial charge in [-0.1, -0.05) is 71.4 Å². The van der Waals surface area contributed by atoms with Crippen LogP contribution in [0.25, 0.3) is 0 Å². The lowest BCUT2D eigenvalue weighted by Gasteiger charge is -2.03. The third kappa shape index (κ3) is 15.7. The maximum absolute atomic E-state index is 3.96. The van der Waals surface area contributed by atoms with Crippen LogP contribution in [0.1, 0.15) is 86.0 Å². The summed E-state index contributed by atoms with van der Waals surface area (Å²) in [5.74, 6) is 0. The van der Waals surface area contributed by atoms with Crippen molar-refractivity contribution in [3.63, 3.8) is 0 Å². The highest BCUT2D eigenvalue weighted by atomic mass is 14.0. The van der Waals surface area contributed by atoms with Crippen LogP contribution in [0.5, 0.6) is 0 Å². The highest BCUT2D eigenvalue weighted by Gasteiger charge is 1.94.